The van der Waals surface area contributed by atoms with E-state index >= 15 is 0 Å². The van der Waals surface area contributed by atoms with Crippen LogP contribution in [0.15, 0.2) is 11.1 Å². The Balaban J connectivity index is 2.78. The van der Waals surface area contributed by atoms with Crippen LogP contribution >= 0.6 is 0 Å². The second-order valence-corrected chi connectivity index (χ2v) is 3.34. The Morgan fingerprint density at radius 3 is 2.86 bits per heavy atom. The number of carbonyl (C=O) groups excluding carboxylic acids is 1. The smallest absolute Gasteiger partial charge is 0.333 e. The van der Waals surface area contributed by atoms with Crippen molar-refractivity contribution >= 4 is 5.97 Å². The maximum atomic E-state index is 11.5. The van der Waals surface area contributed by atoms with Gasteiger partial charge in [-0.1, -0.05) is 0 Å². The van der Waals surface area contributed by atoms with E-state index in [1.165, 1.54) is 0 Å². The Morgan fingerprint density at radius 1 is 1.50 bits per heavy atom. The van der Waals surface area contributed by atoms with Crippen LogP contribution in [0.25, 0.3) is 0 Å². The Bertz CT molecular complexity index is 286. The van der Waals surface area contributed by atoms with Gasteiger partial charge in [-0.15, -0.1) is 0 Å². The zero-order chi connectivity index (χ0) is 10.4. The molecule has 0 atom stereocenters. The predicted molar refractivity (Wildman–Crippen MR) is 52.4 cm³/mol. The van der Waals surface area contributed by atoms with Crippen molar-refractivity contribution in [2.75, 3.05) is 6.61 Å². The van der Waals surface area contributed by atoms with E-state index in [0.717, 1.165) is 36.8 Å². The summed E-state index contributed by atoms with van der Waals surface area (Å²) in [6, 6.07) is 2.10. The number of ether oxygens (including phenoxy) is 1. The molecule has 0 spiro atoms. The number of hydrogen-bond donors (Lipinski definition) is 0. The lowest BCUT2D eigenvalue weighted by Crippen LogP contribution is -2.13. The molecule has 1 aliphatic carbocycles. The molecular formula is C11H15NO2. The third kappa shape index (κ3) is 2.59. The van der Waals surface area contributed by atoms with Gasteiger partial charge in [0.05, 0.1) is 19.1 Å². The van der Waals surface area contributed by atoms with E-state index in [9.17, 15) is 4.79 Å². The summed E-state index contributed by atoms with van der Waals surface area (Å²) < 4.78 is 4.95. The van der Waals surface area contributed by atoms with E-state index in [-0.39, 0.29) is 5.97 Å². The van der Waals surface area contributed by atoms with E-state index in [2.05, 4.69) is 6.07 Å². The van der Waals surface area contributed by atoms with Crippen molar-refractivity contribution in [3.63, 3.8) is 0 Å². The van der Waals surface area contributed by atoms with E-state index in [4.69, 9.17) is 10.00 Å². The minimum Gasteiger partial charge on any atom is -0.463 e. The van der Waals surface area contributed by atoms with Crippen LogP contribution in [0, 0.1) is 11.3 Å². The third-order valence-electron chi connectivity index (χ3n) is 2.40. The Kier molecular flexibility index (Phi) is 4.18. The lowest BCUT2D eigenvalue weighted by atomic mass is 9.90. The number of rotatable bonds is 3. The highest BCUT2D eigenvalue weighted by atomic mass is 16.5. The molecule has 0 radical (unpaired) electrons. The fraction of sp³-hybridized carbons (Fsp3) is 0.636. The Labute approximate surface area is 84.4 Å². The largest absolute Gasteiger partial charge is 0.463 e. The number of nitriles is 1. The van der Waals surface area contributed by atoms with Crippen molar-refractivity contribution in [1.29, 1.82) is 5.26 Å². The first-order chi connectivity index (χ1) is 6.79. The number of hydrogen-bond acceptors (Lipinski definition) is 3. The quantitative estimate of drug-likeness (QED) is 0.646. The normalized spacial score (nSPS) is 16.3. The molecule has 3 nitrogen and oxygen atoms in total. The van der Waals surface area contributed by atoms with Gasteiger partial charge >= 0.3 is 5.97 Å². The Hall–Kier alpha value is -1.30. The third-order valence-corrected chi connectivity index (χ3v) is 2.40. The summed E-state index contributed by atoms with van der Waals surface area (Å²) in [7, 11) is 0. The van der Waals surface area contributed by atoms with Crippen LogP contribution in [0.3, 0.4) is 0 Å². The average molecular weight is 193 g/mol. The van der Waals surface area contributed by atoms with Gasteiger partial charge in [-0.05, 0) is 38.2 Å². The minimum atomic E-state index is -0.225. The van der Waals surface area contributed by atoms with Crippen molar-refractivity contribution < 1.29 is 9.53 Å². The van der Waals surface area contributed by atoms with Crippen LogP contribution in [0.5, 0.6) is 0 Å². The molecule has 1 rings (SSSR count). The zero-order valence-electron chi connectivity index (χ0n) is 8.51. The van der Waals surface area contributed by atoms with E-state index < -0.39 is 0 Å². The molecule has 0 aliphatic heterocycles. The average Bonchev–Trinajstić information content (AvgIpc) is 2.19. The summed E-state index contributed by atoms with van der Waals surface area (Å²) in [6.07, 6.45) is 4.13. The van der Waals surface area contributed by atoms with Gasteiger partial charge < -0.3 is 4.74 Å². The summed E-state index contributed by atoms with van der Waals surface area (Å²) >= 11 is 0. The first-order valence-electron chi connectivity index (χ1n) is 5.04. The van der Waals surface area contributed by atoms with Crippen LogP contribution in [0.4, 0.5) is 0 Å². The van der Waals surface area contributed by atoms with Gasteiger partial charge in [-0.2, -0.15) is 5.26 Å². The topological polar surface area (TPSA) is 50.1 Å². The first-order valence-corrected chi connectivity index (χ1v) is 5.04. The van der Waals surface area contributed by atoms with Crippen LogP contribution < -0.4 is 0 Å². The number of carbonyl (C=O) groups is 1. The molecule has 0 aromatic carbocycles. The predicted octanol–water partition coefficient (Wildman–Crippen LogP) is 2.33. The minimum absolute atomic E-state index is 0.225. The van der Waals surface area contributed by atoms with Gasteiger partial charge in [0, 0.05) is 5.57 Å². The Morgan fingerprint density at radius 2 is 2.21 bits per heavy atom. The molecule has 14 heavy (non-hydrogen) atoms. The fourth-order valence-electron chi connectivity index (χ4n) is 1.72. The van der Waals surface area contributed by atoms with Crippen molar-refractivity contribution in [2.24, 2.45) is 0 Å². The highest BCUT2D eigenvalue weighted by Crippen LogP contribution is 2.27. The van der Waals surface area contributed by atoms with Crippen molar-refractivity contribution in [2.45, 2.75) is 39.0 Å². The van der Waals surface area contributed by atoms with Gasteiger partial charge in [0.1, 0.15) is 0 Å². The van der Waals surface area contributed by atoms with Crippen molar-refractivity contribution in [3.05, 3.63) is 11.1 Å². The molecular weight excluding hydrogens is 178 g/mol. The van der Waals surface area contributed by atoms with Crippen LogP contribution in [-0.4, -0.2) is 12.6 Å². The molecule has 1 aliphatic rings. The van der Waals surface area contributed by atoms with Crippen molar-refractivity contribution in [3.8, 4) is 6.07 Å². The second-order valence-electron chi connectivity index (χ2n) is 3.34. The lowest BCUT2D eigenvalue weighted by Gasteiger charge is -2.17. The van der Waals surface area contributed by atoms with Crippen LogP contribution in [0.1, 0.15) is 39.0 Å². The summed E-state index contributed by atoms with van der Waals surface area (Å²) in [6.45, 7) is 2.20. The molecule has 0 aromatic heterocycles. The lowest BCUT2D eigenvalue weighted by molar-refractivity contribution is -0.138. The van der Waals surface area contributed by atoms with Crippen LogP contribution in [0.2, 0.25) is 0 Å². The van der Waals surface area contributed by atoms with Crippen LogP contribution in [-0.2, 0) is 9.53 Å². The highest BCUT2D eigenvalue weighted by molar-refractivity contribution is 5.89. The monoisotopic (exact) mass is 193 g/mol. The maximum Gasteiger partial charge on any atom is 0.333 e. The number of allylic oxidation sites excluding steroid dienone is 1. The van der Waals surface area contributed by atoms with Crippen molar-refractivity contribution in [1.82, 2.24) is 0 Å². The molecule has 0 bridgehead atoms. The molecule has 0 N–H and O–H groups in total. The highest BCUT2D eigenvalue weighted by Gasteiger charge is 2.19. The molecule has 76 valence electrons. The molecule has 0 unspecified atom stereocenters. The van der Waals surface area contributed by atoms with Gasteiger partial charge in [-0.3, -0.25) is 0 Å². The number of esters is 1. The molecule has 0 aromatic rings. The molecule has 0 saturated carbocycles. The van der Waals surface area contributed by atoms with Gasteiger partial charge in [0.15, 0.2) is 0 Å². The maximum absolute atomic E-state index is 11.5. The zero-order valence-corrected chi connectivity index (χ0v) is 8.51. The van der Waals surface area contributed by atoms with Gasteiger partial charge in [-0.25, -0.2) is 4.79 Å². The summed E-state index contributed by atoms with van der Waals surface area (Å²) in [4.78, 5) is 11.5. The van der Waals surface area contributed by atoms with E-state index in [1.807, 2.05) is 0 Å². The van der Waals surface area contributed by atoms with E-state index in [0.29, 0.717) is 13.0 Å². The SMILES string of the molecule is CCOC(=O)C1=C(CC#N)CCCC1. The standard InChI is InChI=1S/C11H15NO2/c1-2-14-11(13)10-6-4-3-5-9(10)7-8-12/h2-7H2,1H3. The summed E-state index contributed by atoms with van der Waals surface area (Å²) in [5.41, 5.74) is 1.73. The molecule has 0 saturated heterocycles. The molecule has 3 heteroatoms. The molecule has 0 amide bonds. The molecule has 0 fully saturated rings. The van der Waals surface area contributed by atoms with Gasteiger partial charge in [0.25, 0.3) is 0 Å². The summed E-state index contributed by atoms with van der Waals surface area (Å²) in [5.74, 6) is -0.225. The number of nitrogens with zero attached hydrogens (tertiary/aromatic N) is 1. The second kappa shape index (κ2) is 5.43. The fourth-order valence-corrected chi connectivity index (χ4v) is 1.72. The molecule has 0 heterocycles. The first kappa shape index (κ1) is 10.8. The summed E-state index contributed by atoms with van der Waals surface area (Å²) in [5, 5.41) is 8.61. The van der Waals surface area contributed by atoms with E-state index in [1.54, 1.807) is 6.92 Å². The van der Waals surface area contributed by atoms with Gasteiger partial charge in [0.2, 0.25) is 0 Å².